The highest BCUT2D eigenvalue weighted by Gasteiger charge is 2.49. The molecule has 0 radical (unpaired) electrons. The lowest BCUT2D eigenvalue weighted by Gasteiger charge is -2.35. The maximum Gasteiger partial charge on any atom is 0.573 e. The molecule has 0 unspecified atom stereocenters. The smallest absolute Gasteiger partial charge is 0.466 e. The van der Waals surface area contributed by atoms with Crippen LogP contribution in [0, 0.1) is 0 Å². The number of rotatable bonds is 9. The highest BCUT2D eigenvalue weighted by atomic mass is 32.2. The van der Waals surface area contributed by atoms with Crippen LogP contribution in [0.5, 0.6) is 5.75 Å². The van der Waals surface area contributed by atoms with Gasteiger partial charge in [0.1, 0.15) is 10.5 Å². The van der Waals surface area contributed by atoms with E-state index in [1.807, 2.05) is 36.4 Å². The molecule has 0 N–H and O–H groups in total. The third-order valence-electron chi connectivity index (χ3n) is 7.03. The van der Waals surface area contributed by atoms with Crippen LogP contribution in [0.2, 0.25) is 25.7 Å². The van der Waals surface area contributed by atoms with Crippen LogP contribution in [0.3, 0.4) is 0 Å². The van der Waals surface area contributed by atoms with Crippen molar-refractivity contribution in [2.24, 2.45) is 0 Å². The topological polar surface area (TPSA) is 69.7 Å². The average Bonchev–Trinajstić information content (AvgIpc) is 3.35. The fourth-order valence-electron chi connectivity index (χ4n) is 4.78. The van der Waals surface area contributed by atoms with Gasteiger partial charge in [-0.3, -0.25) is 4.79 Å². The lowest BCUT2D eigenvalue weighted by molar-refractivity contribution is -0.274. The van der Waals surface area contributed by atoms with Gasteiger partial charge in [-0.15, -0.1) is 24.5 Å². The predicted octanol–water partition coefficient (Wildman–Crippen LogP) is 8.05. The Hall–Kier alpha value is -2.63. The molecular weight excluding hydrogens is 578 g/mol. The van der Waals surface area contributed by atoms with E-state index in [-0.39, 0.29) is 17.9 Å². The maximum atomic E-state index is 13.5. The minimum atomic E-state index is -4.74. The monoisotopic (exact) mass is 610 g/mol. The summed E-state index contributed by atoms with van der Waals surface area (Å²) in [6.45, 7) is 6.88. The van der Waals surface area contributed by atoms with Crippen molar-refractivity contribution < 1.29 is 35.9 Å². The fraction of sp³-hybridized carbons (Fsp3) is 0.414. The van der Waals surface area contributed by atoms with E-state index >= 15 is 0 Å². The fourth-order valence-corrected chi connectivity index (χ4v) is 9.27. The van der Waals surface area contributed by atoms with Crippen LogP contribution < -0.4 is 4.74 Å². The van der Waals surface area contributed by atoms with Crippen molar-refractivity contribution in [2.75, 3.05) is 12.4 Å². The number of carbonyl (C=O) groups is 1. The van der Waals surface area contributed by atoms with Gasteiger partial charge in [0.05, 0.1) is 18.8 Å². The summed E-state index contributed by atoms with van der Waals surface area (Å²) in [6.07, 6.45) is -3.25. The molecule has 1 fully saturated rings. The SMILES string of the molecule is C[Si](C)(C)CCOC(=O)C[C@]1(c2ccc(-c3ccc(-c4ccc(OC(F)(F)F)cc4)cc3)s2)CCCCS1(=O)=O. The van der Waals surface area contributed by atoms with E-state index in [2.05, 4.69) is 24.4 Å². The zero-order valence-electron chi connectivity index (χ0n) is 22.7. The van der Waals surface area contributed by atoms with Crippen molar-refractivity contribution in [2.45, 2.75) is 62.5 Å². The third kappa shape index (κ3) is 7.35. The Kier molecular flexibility index (Phi) is 8.87. The van der Waals surface area contributed by atoms with E-state index in [0.29, 0.717) is 24.3 Å². The summed E-state index contributed by atoms with van der Waals surface area (Å²) in [5, 5.41) is 0. The molecular formula is C29H33F3O5S2Si. The quantitative estimate of drug-likeness (QED) is 0.181. The van der Waals surface area contributed by atoms with E-state index in [9.17, 15) is 26.4 Å². The molecule has 11 heteroatoms. The molecule has 3 aromatic rings. The molecule has 1 aliphatic rings. The van der Waals surface area contributed by atoms with Gasteiger partial charge in [0, 0.05) is 17.8 Å². The Morgan fingerprint density at radius 2 is 1.52 bits per heavy atom. The first-order chi connectivity index (χ1) is 18.7. The largest absolute Gasteiger partial charge is 0.573 e. The van der Waals surface area contributed by atoms with Crippen molar-refractivity contribution in [3.05, 3.63) is 65.5 Å². The average molecular weight is 611 g/mol. The Morgan fingerprint density at radius 1 is 0.925 bits per heavy atom. The van der Waals surface area contributed by atoms with Gasteiger partial charge in [-0.1, -0.05) is 62.5 Å². The van der Waals surface area contributed by atoms with Crippen LogP contribution in [0.4, 0.5) is 13.2 Å². The molecule has 2 heterocycles. The molecule has 1 aromatic heterocycles. The van der Waals surface area contributed by atoms with Crippen LogP contribution >= 0.6 is 11.3 Å². The molecule has 1 aliphatic heterocycles. The van der Waals surface area contributed by atoms with Gasteiger partial charge < -0.3 is 9.47 Å². The van der Waals surface area contributed by atoms with Crippen molar-refractivity contribution in [1.82, 2.24) is 0 Å². The number of esters is 1. The molecule has 0 saturated carbocycles. The number of hydrogen-bond donors (Lipinski definition) is 0. The molecule has 4 rings (SSSR count). The van der Waals surface area contributed by atoms with Crippen molar-refractivity contribution in [3.63, 3.8) is 0 Å². The van der Waals surface area contributed by atoms with E-state index in [1.54, 1.807) is 12.1 Å². The number of thiophene rings is 1. The van der Waals surface area contributed by atoms with Crippen LogP contribution in [-0.2, 0) is 24.1 Å². The number of halogens is 3. The van der Waals surface area contributed by atoms with Crippen molar-refractivity contribution in [3.8, 4) is 27.3 Å². The molecule has 0 bridgehead atoms. The summed E-state index contributed by atoms with van der Waals surface area (Å²) < 4.78 is 72.4. The summed E-state index contributed by atoms with van der Waals surface area (Å²) in [5.74, 6) is -0.718. The minimum Gasteiger partial charge on any atom is -0.466 e. The van der Waals surface area contributed by atoms with Crippen molar-refractivity contribution >= 4 is 35.2 Å². The standard InChI is InChI=1S/C29H33F3O5S2Si/c1-40(2,3)19-17-36-27(33)20-28(16-4-5-18-39(28,34)35)26-15-14-25(38-26)23-8-6-21(7-9-23)22-10-12-24(13-11-22)37-29(30,31)32/h6-15H,4-5,16-20H2,1-3H3/t28-/m0/s1. The molecule has 216 valence electrons. The highest BCUT2D eigenvalue weighted by Crippen LogP contribution is 2.47. The van der Waals surface area contributed by atoms with E-state index in [4.69, 9.17) is 4.74 Å². The van der Waals surface area contributed by atoms with E-state index in [0.717, 1.165) is 34.0 Å². The van der Waals surface area contributed by atoms with Gasteiger partial charge in [0.2, 0.25) is 0 Å². The number of ether oxygens (including phenoxy) is 2. The second kappa shape index (κ2) is 11.7. The van der Waals surface area contributed by atoms with Gasteiger partial charge in [0.15, 0.2) is 9.84 Å². The number of sulfone groups is 1. The zero-order chi connectivity index (χ0) is 29.2. The van der Waals surface area contributed by atoms with E-state index in [1.165, 1.54) is 23.5 Å². The number of hydrogen-bond acceptors (Lipinski definition) is 6. The highest BCUT2D eigenvalue weighted by molar-refractivity contribution is 7.92. The Bertz CT molecular complexity index is 1430. The number of benzene rings is 2. The minimum absolute atomic E-state index is 0.0456. The van der Waals surface area contributed by atoms with E-state index < -0.39 is 35.0 Å². The summed E-state index contributed by atoms with van der Waals surface area (Å²) in [7, 11) is -4.97. The summed E-state index contributed by atoms with van der Waals surface area (Å²) in [4.78, 5) is 14.4. The lowest BCUT2D eigenvalue weighted by atomic mass is 9.95. The van der Waals surface area contributed by atoms with Gasteiger partial charge >= 0.3 is 12.3 Å². The normalized spacial score (nSPS) is 19.2. The molecule has 0 amide bonds. The van der Waals surface area contributed by atoms with Gasteiger partial charge in [-0.25, -0.2) is 8.42 Å². The molecule has 0 spiro atoms. The lowest BCUT2D eigenvalue weighted by Crippen LogP contribution is -2.42. The maximum absolute atomic E-state index is 13.5. The first-order valence-electron chi connectivity index (χ1n) is 13.1. The van der Waals surface area contributed by atoms with Crippen LogP contribution in [0.15, 0.2) is 60.7 Å². The summed E-state index contributed by atoms with van der Waals surface area (Å²) >= 11 is 1.37. The molecule has 0 aliphatic carbocycles. The van der Waals surface area contributed by atoms with Gasteiger partial charge in [0.25, 0.3) is 0 Å². The first kappa shape index (κ1) is 30.3. The molecule has 1 saturated heterocycles. The Morgan fingerprint density at radius 3 is 2.10 bits per heavy atom. The third-order valence-corrected chi connectivity index (χ3v) is 12.8. The molecule has 40 heavy (non-hydrogen) atoms. The van der Waals surface area contributed by atoms with Crippen LogP contribution in [0.25, 0.3) is 21.6 Å². The number of carbonyl (C=O) groups excluding carboxylic acids is 1. The number of alkyl halides is 3. The Labute approximate surface area is 238 Å². The molecule has 2 aromatic carbocycles. The second-order valence-corrected chi connectivity index (χ2v) is 20.4. The first-order valence-corrected chi connectivity index (χ1v) is 19.3. The summed E-state index contributed by atoms with van der Waals surface area (Å²) in [5.41, 5.74) is 2.41. The van der Waals surface area contributed by atoms with Crippen molar-refractivity contribution in [1.29, 1.82) is 0 Å². The van der Waals surface area contributed by atoms with Crippen LogP contribution in [-0.4, -0.2) is 41.2 Å². The van der Waals surface area contributed by atoms with Crippen LogP contribution in [0.1, 0.15) is 30.6 Å². The van der Waals surface area contributed by atoms with Gasteiger partial charge in [-0.05, 0) is 59.8 Å². The second-order valence-electron chi connectivity index (χ2n) is 11.3. The summed E-state index contributed by atoms with van der Waals surface area (Å²) in [6, 6.07) is 17.6. The molecule has 1 atom stereocenters. The predicted molar refractivity (Wildman–Crippen MR) is 155 cm³/mol. The Balaban J connectivity index is 1.54. The zero-order valence-corrected chi connectivity index (χ0v) is 25.3. The van der Waals surface area contributed by atoms with Gasteiger partial charge in [-0.2, -0.15) is 0 Å². The molecule has 5 nitrogen and oxygen atoms in total.